The quantitative estimate of drug-likeness (QED) is 0.821. The average Bonchev–Trinajstić information content (AvgIpc) is 2.15. The minimum absolute atomic E-state index is 0.496. The van der Waals surface area contributed by atoms with Crippen molar-refractivity contribution in [1.29, 1.82) is 0 Å². The van der Waals surface area contributed by atoms with Crippen LogP contribution in [0.4, 0.5) is 0 Å². The molecule has 1 unspecified atom stereocenters. The summed E-state index contributed by atoms with van der Waals surface area (Å²) in [6.45, 7) is 8.25. The molecule has 1 N–H and O–H groups in total. The molecule has 0 aliphatic heterocycles. The molecule has 1 atom stereocenters. The first kappa shape index (κ1) is 13.1. The first-order valence-electron chi connectivity index (χ1n) is 5.80. The van der Waals surface area contributed by atoms with Crippen molar-refractivity contribution in [2.24, 2.45) is 0 Å². The Labute approximate surface area is 98.9 Å². The van der Waals surface area contributed by atoms with Gasteiger partial charge in [-0.05, 0) is 46.5 Å². The Morgan fingerprint density at radius 3 is 2.56 bits per heavy atom. The molecular formula is C13H23N3. The number of pyridine rings is 1. The molecule has 0 spiro atoms. The van der Waals surface area contributed by atoms with E-state index in [2.05, 4.69) is 55.3 Å². The van der Waals surface area contributed by atoms with Gasteiger partial charge in [0.25, 0.3) is 0 Å². The fourth-order valence-electron chi connectivity index (χ4n) is 1.80. The molecule has 3 heteroatoms. The highest BCUT2D eigenvalue weighted by Crippen LogP contribution is 2.06. The van der Waals surface area contributed by atoms with Crippen molar-refractivity contribution in [3.8, 4) is 0 Å². The number of aromatic nitrogens is 1. The van der Waals surface area contributed by atoms with E-state index in [1.54, 1.807) is 0 Å². The second-order valence-electron chi connectivity index (χ2n) is 4.74. The van der Waals surface area contributed by atoms with Gasteiger partial charge in [-0.1, -0.05) is 6.07 Å². The molecule has 90 valence electrons. The SMILES string of the molecule is Cc1ccc(CNC(C)CN(C)C)c(C)n1. The summed E-state index contributed by atoms with van der Waals surface area (Å²) in [6, 6.07) is 4.73. The van der Waals surface area contributed by atoms with Gasteiger partial charge in [0.2, 0.25) is 0 Å². The summed E-state index contributed by atoms with van der Waals surface area (Å²) in [5.74, 6) is 0. The molecule has 0 bridgehead atoms. The third kappa shape index (κ3) is 4.29. The Bertz CT molecular complexity index is 334. The molecule has 3 nitrogen and oxygen atoms in total. The molecule has 0 amide bonds. The van der Waals surface area contributed by atoms with Gasteiger partial charge >= 0.3 is 0 Å². The summed E-state index contributed by atoms with van der Waals surface area (Å²) in [7, 11) is 4.19. The van der Waals surface area contributed by atoms with Crippen molar-refractivity contribution < 1.29 is 0 Å². The zero-order valence-electron chi connectivity index (χ0n) is 11.0. The van der Waals surface area contributed by atoms with Crippen molar-refractivity contribution in [2.75, 3.05) is 20.6 Å². The highest BCUT2D eigenvalue weighted by molar-refractivity contribution is 5.21. The highest BCUT2D eigenvalue weighted by Gasteiger charge is 2.04. The third-order valence-electron chi connectivity index (χ3n) is 2.61. The minimum atomic E-state index is 0.496. The first-order valence-corrected chi connectivity index (χ1v) is 5.80. The van der Waals surface area contributed by atoms with E-state index in [1.165, 1.54) is 5.56 Å². The van der Waals surface area contributed by atoms with E-state index in [9.17, 15) is 0 Å². The summed E-state index contributed by atoms with van der Waals surface area (Å²) in [5, 5.41) is 3.51. The maximum atomic E-state index is 4.46. The third-order valence-corrected chi connectivity index (χ3v) is 2.61. The predicted octanol–water partition coefficient (Wildman–Crippen LogP) is 1.74. The molecule has 16 heavy (non-hydrogen) atoms. The van der Waals surface area contributed by atoms with Crippen LogP contribution in [-0.2, 0) is 6.54 Å². The molecule has 0 saturated heterocycles. The van der Waals surface area contributed by atoms with Crippen molar-refractivity contribution in [3.63, 3.8) is 0 Å². The Balaban J connectivity index is 2.48. The maximum Gasteiger partial charge on any atom is 0.0420 e. The normalized spacial score (nSPS) is 13.1. The van der Waals surface area contributed by atoms with Gasteiger partial charge in [0.15, 0.2) is 0 Å². The molecule has 1 heterocycles. The number of hydrogen-bond donors (Lipinski definition) is 1. The summed E-state index contributed by atoms with van der Waals surface area (Å²) < 4.78 is 0. The van der Waals surface area contributed by atoms with E-state index in [1.807, 2.05) is 6.92 Å². The van der Waals surface area contributed by atoms with E-state index in [0.29, 0.717) is 6.04 Å². The lowest BCUT2D eigenvalue weighted by Gasteiger charge is -2.18. The lowest BCUT2D eigenvalue weighted by atomic mass is 10.1. The minimum Gasteiger partial charge on any atom is -0.309 e. The second kappa shape index (κ2) is 5.97. The number of rotatable bonds is 5. The molecule has 0 aromatic carbocycles. The molecule has 1 aromatic heterocycles. The van der Waals surface area contributed by atoms with E-state index in [0.717, 1.165) is 24.5 Å². The van der Waals surface area contributed by atoms with Crippen LogP contribution in [0.1, 0.15) is 23.9 Å². The molecule has 0 radical (unpaired) electrons. The van der Waals surface area contributed by atoms with E-state index in [-0.39, 0.29) is 0 Å². The largest absolute Gasteiger partial charge is 0.309 e. The van der Waals surface area contributed by atoms with E-state index < -0.39 is 0 Å². The van der Waals surface area contributed by atoms with Crippen LogP contribution in [0.15, 0.2) is 12.1 Å². The zero-order chi connectivity index (χ0) is 12.1. The van der Waals surface area contributed by atoms with Crippen LogP contribution in [0, 0.1) is 13.8 Å². The number of aryl methyl sites for hydroxylation is 2. The summed E-state index contributed by atoms with van der Waals surface area (Å²) in [6.07, 6.45) is 0. The molecule has 0 fully saturated rings. The van der Waals surface area contributed by atoms with Gasteiger partial charge in [0, 0.05) is 30.5 Å². The number of hydrogen-bond acceptors (Lipinski definition) is 3. The second-order valence-corrected chi connectivity index (χ2v) is 4.74. The smallest absolute Gasteiger partial charge is 0.0420 e. The van der Waals surface area contributed by atoms with Gasteiger partial charge in [-0.25, -0.2) is 0 Å². The summed E-state index contributed by atoms with van der Waals surface area (Å²) >= 11 is 0. The van der Waals surface area contributed by atoms with Crippen molar-refractivity contribution in [1.82, 2.24) is 15.2 Å². The molecule has 1 aromatic rings. The van der Waals surface area contributed by atoms with Crippen LogP contribution in [0.3, 0.4) is 0 Å². The molecule has 0 aliphatic rings. The Hall–Kier alpha value is -0.930. The Morgan fingerprint density at radius 2 is 2.00 bits per heavy atom. The lowest BCUT2D eigenvalue weighted by molar-refractivity contribution is 0.349. The average molecular weight is 221 g/mol. The van der Waals surface area contributed by atoms with Crippen molar-refractivity contribution in [2.45, 2.75) is 33.4 Å². The molecule has 1 rings (SSSR count). The maximum absolute atomic E-state index is 4.46. The van der Waals surface area contributed by atoms with Gasteiger partial charge < -0.3 is 10.2 Å². The van der Waals surface area contributed by atoms with Gasteiger partial charge in [0.1, 0.15) is 0 Å². The van der Waals surface area contributed by atoms with Gasteiger partial charge in [-0.2, -0.15) is 0 Å². The molecular weight excluding hydrogens is 198 g/mol. The number of nitrogens with one attached hydrogen (secondary N) is 1. The van der Waals surface area contributed by atoms with Crippen molar-refractivity contribution in [3.05, 3.63) is 29.1 Å². The van der Waals surface area contributed by atoms with Crippen LogP contribution in [0.5, 0.6) is 0 Å². The van der Waals surface area contributed by atoms with E-state index in [4.69, 9.17) is 0 Å². The standard InChI is InChI=1S/C13H23N3/c1-10-6-7-13(12(3)15-10)8-14-11(2)9-16(4)5/h6-7,11,14H,8-9H2,1-5H3. The lowest BCUT2D eigenvalue weighted by Crippen LogP contribution is -2.35. The van der Waals surface area contributed by atoms with Crippen LogP contribution in [0.25, 0.3) is 0 Å². The van der Waals surface area contributed by atoms with Crippen LogP contribution < -0.4 is 5.32 Å². The summed E-state index contributed by atoms with van der Waals surface area (Å²) in [4.78, 5) is 6.65. The molecule has 0 aliphatic carbocycles. The number of nitrogens with zero attached hydrogens (tertiary/aromatic N) is 2. The fourth-order valence-corrected chi connectivity index (χ4v) is 1.80. The van der Waals surface area contributed by atoms with Gasteiger partial charge in [-0.15, -0.1) is 0 Å². The predicted molar refractivity (Wildman–Crippen MR) is 68.6 cm³/mol. The van der Waals surface area contributed by atoms with E-state index >= 15 is 0 Å². The fraction of sp³-hybridized carbons (Fsp3) is 0.615. The topological polar surface area (TPSA) is 28.2 Å². The van der Waals surface area contributed by atoms with Crippen LogP contribution in [-0.4, -0.2) is 36.6 Å². The van der Waals surface area contributed by atoms with Crippen molar-refractivity contribution >= 4 is 0 Å². The first-order chi connectivity index (χ1) is 7.49. The highest BCUT2D eigenvalue weighted by atomic mass is 15.1. The monoisotopic (exact) mass is 221 g/mol. The summed E-state index contributed by atoms with van der Waals surface area (Å²) in [5.41, 5.74) is 3.50. The number of likely N-dealkylation sites (N-methyl/N-ethyl adjacent to an activating group) is 1. The zero-order valence-corrected chi connectivity index (χ0v) is 11.0. The Morgan fingerprint density at radius 1 is 1.31 bits per heavy atom. The van der Waals surface area contributed by atoms with Gasteiger partial charge in [0.05, 0.1) is 0 Å². The van der Waals surface area contributed by atoms with Crippen LogP contribution >= 0.6 is 0 Å². The Kier molecular flexibility index (Phi) is 4.90. The van der Waals surface area contributed by atoms with Gasteiger partial charge in [-0.3, -0.25) is 4.98 Å². The van der Waals surface area contributed by atoms with Crippen LogP contribution in [0.2, 0.25) is 0 Å². The molecule has 0 saturated carbocycles.